The van der Waals surface area contributed by atoms with Gasteiger partial charge in [0.25, 0.3) is 5.91 Å². The Kier molecular flexibility index (Phi) is 5.11. The van der Waals surface area contributed by atoms with Gasteiger partial charge in [-0.25, -0.2) is 4.98 Å². The van der Waals surface area contributed by atoms with Gasteiger partial charge in [0.1, 0.15) is 12.0 Å². The van der Waals surface area contributed by atoms with Gasteiger partial charge in [-0.3, -0.25) is 10.1 Å². The average Bonchev–Trinajstić information content (AvgIpc) is 3.33. The Balaban J connectivity index is 0.00000182. The van der Waals surface area contributed by atoms with Crippen molar-refractivity contribution >= 4 is 35.3 Å². The normalized spacial score (nSPS) is 14.6. The number of amides is 1. The summed E-state index contributed by atoms with van der Waals surface area (Å²) in [6, 6.07) is 10.0. The molecule has 0 atom stereocenters. The lowest BCUT2D eigenvalue weighted by molar-refractivity contribution is 0.102. The van der Waals surface area contributed by atoms with E-state index in [2.05, 4.69) is 20.9 Å². The van der Waals surface area contributed by atoms with E-state index >= 15 is 0 Å². The topological polar surface area (TPSA) is 86.1 Å². The van der Waals surface area contributed by atoms with Crippen LogP contribution in [0.4, 0.5) is 5.95 Å². The number of aromatic nitrogens is 2. The van der Waals surface area contributed by atoms with E-state index in [1.165, 1.54) is 19.1 Å². The second kappa shape index (κ2) is 7.29. The van der Waals surface area contributed by atoms with Crippen LogP contribution in [0.5, 0.6) is 0 Å². The summed E-state index contributed by atoms with van der Waals surface area (Å²) in [7, 11) is 0. The van der Waals surface area contributed by atoms with Gasteiger partial charge >= 0.3 is 0 Å². The van der Waals surface area contributed by atoms with Crippen molar-refractivity contribution in [3.8, 4) is 0 Å². The van der Waals surface area contributed by atoms with Gasteiger partial charge in [0.2, 0.25) is 5.95 Å². The van der Waals surface area contributed by atoms with Crippen molar-refractivity contribution in [1.29, 1.82) is 0 Å². The van der Waals surface area contributed by atoms with Crippen molar-refractivity contribution in [2.24, 2.45) is 5.73 Å². The Hall–Kier alpha value is -2.31. The molecule has 1 aliphatic rings. The third kappa shape index (κ3) is 3.27. The molecule has 1 amide bonds. The van der Waals surface area contributed by atoms with Gasteiger partial charge in [0.05, 0.1) is 23.1 Å². The van der Waals surface area contributed by atoms with Gasteiger partial charge in [-0.1, -0.05) is 25.0 Å². The Morgan fingerprint density at radius 1 is 1.32 bits per heavy atom. The summed E-state index contributed by atoms with van der Waals surface area (Å²) in [5, 5.41) is 2.94. The van der Waals surface area contributed by atoms with E-state index in [4.69, 9.17) is 10.2 Å². The molecule has 25 heavy (non-hydrogen) atoms. The van der Waals surface area contributed by atoms with E-state index in [9.17, 15) is 4.79 Å². The van der Waals surface area contributed by atoms with E-state index < -0.39 is 0 Å². The first-order valence-electron chi connectivity index (χ1n) is 8.32. The molecule has 2 heterocycles. The van der Waals surface area contributed by atoms with E-state index in [1.54, 1.807) is 6.07 Å². The van der Waals surface area contributed by atoms with Gasteiger partial charge in [-0.05, 0) is 31.0 Å². The van der Waals surface area contributed by atoms with Gasteiger partial charge in [-0.15, -0.1) is 12.4 Å². The van der Waals surface area contributed by atoms with Crippen LogP contribution in [0.25, 0.3) is 11.0 Å². The fraction of sp³-hybridized carbons (Fsp3) is 0.333. The third-order valence-electron chi connectivity index (χ3n) is 4.63. The Morgan fingerprint density at radius 3 is 2.80 bits per heavy atom. The number of nitrogens with one attached hydrogen (secondary N) is 1. The van der Waals surface area contributed by atoms with Gasteiger partial charge < -0.3 is 14.7 Å². The first kappa shape index (κ1) is 17.5. The number of fused-ring (bicyclic) bond motifs is 1. The fourth-order valence-corrected chi connectivity index (χ4v) is 3.45. The van der Waals surface area contributed by atoms with E-state index in [0.29, 0.717) is 23.3 Å². The Bertz CT molecular complexity index is 880. The van der Waals surface area contributed by atoms with Crippen LogP contribution in [0.1, 0.15) is 47.8 Å². The maximum atomic E-state index is 12.5. The molecule has 4 rings (SSSR count). The second-order valence-electron chi connectivity index (χ2n) is 6.19. The molecule has 0 radical (unpaired) electrons. The molecule has 0 spiro atoms. The highest BCUT2D eigenvalue weighted by atomic mass is 35.5. The summed E-state index contributed by atoms with van der Waals surface area (Å²) >= 11 is 0. The first-order chi connectivity index (χ1) is 11.8. The predicted octanol–water partition coefficient (Wildman–Crippen LogP) is 3.88. The molecule has 2 aromatic heterocycles. The van der Waals surface area contributed by atoms with E-state index in [-0.39, 0.29) is 24.9 Å². The number of carbonyl (C=O) groups is 1. The highest BCUT2D eigenvalue weighted by Gasteiger charge is 2.24. The summed E-state index contributed by atoms with van der Waals surface area (Å²) in [4.78, 5) is 17.1. The predicted molar refractivity (Wildman–Crippen MR) is 99.0 cm³/mol. The number of para-hydroxylation sites is 2. The van der Waals surface area contributed by atoms with Crippen LogP contribution in [-0.4, -0.2) is 15.5 Å². The van der Waals surface area contributed by atoms with Gasteiger partial charge in [0.15, 0.2) is 0 Å². The molecule has 1 fully saturated rings. The SMILES string of the molecule is Cl.NCc1cc(C(=O)Nc2nc3ccccc3n2C2CCCC2)co1. The molecule has 1 aliphatic carbocycles. The summed E-state index contributed by atoms with van der Waals surface area (Å²) in [6.07, 6.45) is 6.09. The first-order valence-corrected chi connectivity index (χ1v) is 8.32. The number of nitrogens with zero attached hydrogens (tertiary/aromatic N) is 2. The molecule has 0 unspecified atom stereocenters. The molecule has 1 aromatic carbocycles. The lowest BCUT2D eigenvalue weighted by atomic mass is 10.2. The lowest BCUT2D eigenvalue weighted by Crippen LogP contribution is -2.17. The second-order valence-corrected chi connectivity index (χ2v) is 6.19. The molecule has 3 N–H and O–H groups in total. The number of hydrogen-bond acceptors (Lipinski definition) is 4. The Morgan fingerprint density at radius 2 is 2.08 bits per heavy atom. The quantitative estimate of drug-likeness (QED) is 0.739. The van der Waals surface area contributed by atoms with Crippen LogP contribution >= 0.6 is 12.4 Å². The van der Waals surface area contributed by atoms with Gasteiger partial charge in [-0.2, -0.15) is 0 Å². The molecular formula is C18H21ClN4O2. The summed E-state index contributed by atoms with van der Waals surface area (Å²) < 4.78 is 7.42. The number of hydrogen-bond donors (Lipinski definition) is 2. The minimum Gasteiger partial charge on any atom is -0.467 e. The standard InChI is InChI=1S/C18H20N4O2.ClH/c19-10-14-9-12(11-24-14)17(23)21-18-20-15-7-3-4-8-16(15)22(18)13-5-1-2-6-13;/h3-4,7-9,11,13H,1-2,5-6,10,19H2,(H,20,21,23);1H. The molecule has 6 nitrogen and oxygen atoms in total. The van der Waals surface area contributed by atoms with E-state index in [1.807, 2.05) is 18.2 Å². The van der Waals surface area contributed by atoms with Crippen molar-refractivity contribution in [3.05, 3.63) is 47.9 Å². The molecule has 7 heteroatoms. The van der Waals surface area contributed by atoms with Crippen molar-refractivity contribution in [3.63, 3.8) is 0 Å². The molecule has 0 aliphatic heterocycles. The number of anilines is 1. The average molecular weight is 361 g/mol. The monoisotopic (exact) mass is 360 g/mol. The number of furan rings is 1. The lowest BCUT2D eigenvalue weighted by Gasteiger charge is -2.16. The third-order valence-corrected chi connectivity index (χ3v) is 4.63. The number of imidazole rings is 1. The highest BCUT2D eigenvalue weighted by Crippen LogP contribution is 2.35. The van der Waals surface area contributed by atoms with Crippen molar-refractivity contribution in [2.45, 2.75) is 38.3 Å². The molecule has 1 saturated carbocycles. The zero-order valence-corrected chi connectivity index (χ0v) is 14.6. The van der Waals surface area contributed by atoms with Crippen LogP contribution in [0.3, 0.4) is 0 Å². The van der Waals surface area contributed by atoms with Crippen LogP contribution in [0.15, 0.2) is 41.0 Å². The molecule has 132 valence electrons. The number of nitrogens with two attached hydrogens (primary N) is 1. The van der Waals surface area contributed by atoms with Crippen LogP contribution < -0.4 is 11.1 Å². The molecule has 0 bridgehead atoms. The van der Waals surface area contributed by atoms with Crippen molar-refractivity contribution in [1.82, 2.24) is 9.55 Å². The summed E-state index contributed by atoms with van der Waals surface area (Å²) in [5.41, 5.74) is 7.95. The maximum absolute atomic E-state index is 12.5. The van der Waals surface area contributed by atoms with Crippen molar-refractivity contribution in [2.75, 3.05) is 5.32 Å². The van der Waals surface area contributed by atoms with Gasteiger partial charge in [0, 0.05) is 6.04 Å². The van der Waals surface area contributed by atoms with Crippen LogP contribution in [0, 0.1) is 0 Å². The highest BCUT2D eigenvalue weighted by molar-refractivity contribution is 6.04. The number of benzene rings is 1. The number of carbonyl (C=O) groups excluding carboxylic acids is 1. The zero-order valence-electron chi connectivity index (χ0n) is 13.8. The fourth-order valence-electron chi connectivity index (χ4n) is 3.45. The van der Waals surface area contributed by atoms with Crippen LogP contribution in [-0.2, 0) is 6.54 Å². The van der Waals surface area contributed by atoms with E-state index in [0.717, 1.165) is 23.9 Å². The maximum Gasteiger partial charge on any atom is 0.261 e. The largest absolute Gasteiger partial charge is 0.467 e. The molecule has 3 aromatic rings. The summed E-state index contributed by atoms with van der Waals surface area (Å²) in [5.74, 6) is 0.959. The molecular weight excluding hydrogens is 340 g/mol. The molecule has 0 saturated heterocycles. The Labute approximate surface area is 151 Å². The van der Waals surface area contributed by atoms with Crippen LogP contribution in [0.2, 0.25) is 0 Å². The number of rotatable bonds is 4. The minimum absolute atomic E-state index is 0. The van der Waals surface area contributed by atoms with Crippen molar-refractivity contribution < 1.29 is 9.21 Å². The summed E-state index contributed by atoms with van der Waals surface area (Å²) in [6.45, 7) is 0.272. The smallest absolute Gasteiger partial charge is 0.261 e. The zero-order chi connectivity index (χ0) is 16.5. The number of halogens is 1. The minimum atomic E-state index is -0.229.